The number of fused-ring (bicyclic) bond motifs is 1. The number of carbonyl (C=O) groups is 1. The lowest BCUT2D eigenvalue weighted by atomic mass is 9.99. The van der Waals surface area contributed by atoms with Gasteiger partial charge in [-0.2, -0.15) is 0 Å². The lowest BCUT2D eigenvalue weighted by molar-refractivity contribution is 0.103. The van der Waals surface area contributed by atoms with Crippen molar-refractivity contribution in [2.24, 2.45) is 0 Å². The molecule has 5 heteroatoms. The van der Waals surface area contributed by atoms with Crippen LogP contribution in [-0.2, 0) is 6.42 Å². The maximum Gasteiger partial charge on any atom is 0.199 e. The molecular weight excluding hydrogens is 264 g/mol. The van der Waals surface area contributed by atoms with E-state index in [-0.39, 0.29) is 11.3 Å². The molecule has 0 atom stereocenters. The molecule has 3 nitrogen and oxygen atoms in total. The Morgan fingerprint density at radius 3 is 2.80 bits per heavy atom. The fourth-order valence-electron chi connectivity index (χ4n) is 2.25. The van der Waals surface area contributed by atoms with Gasteiger partial charge in [-0.3, -0.25) is 4.79 Å². The maximum atomic E-state index is 13.9. The summed E-state index contributed by atoms with van der Waals surface area (Å²) in [6, 6.07) is 6.82. The molecule has 1 aliphatic heterocycles. The van der Waals surface area contributed by atoms with Crippen LogP contribution in [0.1, 0.15) is 21.5 Å². The molecular formula is C15H11F2NO2. The molecule has 0 radical (unpaired) electrons. The Labute approximate surface area is 114 Å². The van der Waals surface area contributed by atoms with E-state index in [4.69, 9.17) is 10.5 Å². The zero-order chi connectivity index (χ0) is 14.3. The standard InChI is InChI=1S/C15H11F2NO2/c16-10-2-3-11(18)14(17)13(10)15(19)9-1-4-12-8(7-9)5-6-20-12/h1-4,7H,5-6,18H2. The van der Waals surface area contributed by atoms with Crippen molar-refractivity contribution >= 4 is 11.5 Å². The van der Waals surface area contributed by atoms with E-state index in [1.807, 2.05) is 0 Å². The van der Waals surface area contributed by atoms with Crippen LogP contribution < -0.4 is 10.5 Å². The van der Waals surface area contributed by atoms with Gasteiger partial charge in [0.1, 0.15) is 11.6 Å². The summed E-state index contributed by atoms with van der Waals surface area (Å²) in [7, 11) is 0. The van der Waals surface area contributed by atoms with Crippen molar-refractivity contribution in [3.05, 3.63) is 58.7 Å². The van der Waals surface area contributed by atoms with Crippen LogP contribution >= 0.6 is 0 Å². The molecule has 1 aliphatic rings. The van der Waals surface area contributed by atoms with Gasteiger partial charge in [0.05, 0.1) is 17.9 Å². The average Bonchev–Trinajstić information content (AvgIpc) is 2.90. The van der Waals surface area contributed by atoms with E-state index in [1.54, 1.807) is 12.1 Å². The van der Waals surface area contributed by atoms with Crippen LogP contribution in [0, 0.1) is 11.6 Å². The second-order valence-electron chi connectivity index (χ2n) is 4.58. The first-order chi connectivity index (χ1) is 9.58. The minimum Gasteiger partial charge on any atom is -0.493 e. The first-order valence-electron chi connectivity index (χ1n) is 6.12. The van der Waals surface area contributed by atoms with Crippen LogP contribution in [0.4, 0.5) is 14.5 Å². The molecule has 20 heavy (non-hydrogen) atoms. The Morgan fingerprint density at radius 2 is 2.00 bits per heavy atom. The monoisotopic (exact) mass is 275 g/mol. The van der Waals surface area contributed by atoms with E-state index >= 15 is 0 Å². The third kappa shape index (κ3) is 1.91. The highest BCUT2D eigenvalue weighted by Crippen LogP contribution is 2.28. The van der Waals surface area contributed by atoms with Crippen LogP contribution in [0.3, 0.4) is 0 Å². The molecule has 102 valence electrons. The maximum absolute atomic E-state index is 13.9. The van der Waals surface area contributed by atoms with Gasteiger partial charge in [-0.05, 0) is 35.9 Å². The Balaban J connectivity index is 2.07. The van der Waals surface area contributed by atoms with E-state index in [0.717, 1.165) is 17.7 Å². The van der Waals surface area contributed by atoms with Crippen molar-refractivity contribution in [1.29, 1.82) is 0 Å². The number of carbonyl (C=O) groups excluding carboxylic acids is 1. The summed E-state index contributed by atoms with van der Waals surface area (Å²) in [5.41, 5.74) is 5.59. The van der Waals surface area contributed by atoms with Gasteiger partial charge in [-0.1, -0.05) is 0 Å². The molecule has 0 aromatic heterocycles. The normalized spacial score (nSPS) is 12.9. The summed E-state index contributed by atoms with van der Waals surface area (Å²) < 4.78 is 32.9. The lowest BCUT2D eigenvalue weighted by Gasteiger charge is -2.07. The second kappa shape index (κ2) is 4.59. The Hall–Kier alpha value is -2.43. The molecule has 1 heterocycles. The van der Waals surface area contributed by atoms with Crippen molar-refractivity contribution in [3.8, 4) is 5.75 Å². The largest absolute Gasteiger partial charge is 0.493 e. The first kappa shape index (κ1) is 12.6. The molecule has 0 unspecified atom stereocenters. The van der Waals surface area contributed by atoms with Crippen molar-refractivity contribution in [1.82, 2.24) is 0 Å². The van der Waals surface area contributed by atoms with Crippen LogP contribution in [0.5, 0.6) is 5.75 Å². The molecule has 3 rings (SSSR count). The van der Waals surface area contributed by atoms with Gasteiger partial charge in [-0.25, -0.2) is 8.78 Å². The SMILES string of the molecule is Nc1ccc(F)c(C(=O)c2ccc3c(c2)CCO3)c1F. The Morgan fingerprint density at radius 1 is 1.20 bits per heavy atom. The molecule has 0 bridgehead atoms. The number of nitrogen functional groups attached to an aromatic ring is 1. The molecule has 0 aliphatic carbocycles. The number of benzene rings is 2. The van der Waals surface area contributed by atoms with Gasteiger partial charge in [0.25, 0.3) is 0 Å². The van der Waals surface area contributed by atoms with Crippen LogP contribution in [0.25, 0.3) is 0 Å². The number of anilines is 1. The van der Waals surface area contributed by atoms with Gasteiger partial charge in [0, 0.05) is 12.0 Å². The smallest absolute Gasteiger partial charge is 0.199 e. The second-order valence-corrected chi connectivity index (χ2v) is 4.58. The highest BCUT2D eigenvalue weighted by atomic mass is 19.1. The number of ketones is 1. The van der Waals surface area contributed by atoms with Crippen LogP contribution in [0.2, 0.25) is 0 Å². The molecule has 0 saturated carbocycles. The number of hydrogen-bond donors (Lipinski definition) is 1. The van der Waals surface area contributed by atoms with Crippen molar-refractivity contribution in [2.45, 2.75) is 6.42 Å². The zero-order valence-electron chi connectivity index (χ0n) is 10.5. The van der Waals surface area contributed by atoms with Gasteiger partial charge in [0.2, 0.25) is 0 Å². The summed E-state index contributed by atoms with van der Waals surface area (Å²) >= 11 is 0. The summed E-state index contributed by atoms with van der Waals surface area (Å²) in [6.07, 6.45) is 0.679. The third-order valence-corrected chi connectivity index (χ3v) is 3.30. The van der Waals surface area contributed by atoms with E-state index in [9.17, 15) is 13.6 Å². The van der Waals surface area contributed by atoms with E-state index in [0.29, 0.717) is 18.8 Å². The minimum atomic E-state index is -1.02. The van der Waals surface area contributed by atoms with Crippen molar-refractivity contribution < 1.29 is 18.3 Å². The summed E-state index contributed by atoms with van der Waals surface area (Å²) in [6.45, 7) is 0.550. The Kier molecular flexibility index (Phi) is 2.89. The van der Waals surface area contributed by atoms with Gasteiger partial charge in [0.15, 0.2) is 11.6 Å². The van der Waals surface area contributed by atoms with Crippen molar-refractivity contribution in [2.75, 3.05) is 12.3 Å². The first-order valence-corrected chi connectivity index (χ1v) is 6.12. The predicted octanol–water partition coefficient (Wildman–Crippen LogP) is 2.71. The van der Waals surface area contributed by atoms with Crippen LogP contribution in [-0.4, -0.2) is 12.4 Å². The fourth-order valence-corrected chi connectivity index (χ4v) is 2.25. The third-order valence-electron chi connectivity index (χ3n) is 3.30. The summed E-state index contributed by atoms with van der Waals surface area (Å²) in [4.78, 5) is 12.3. The molecule has 2 aromatic rings. The lowest BCUT2D eigenvalue weighted by Crippen LogP contribution is -2.09. The molecule has 0 saturated heterocycles. The van der Waals surface area contributed by atoms with Crippen molar-refractivity contribution in [3.63, 3.8) is 0 Å². The molecule has 2 aromatic carbocycles. The number of rotatable bonds is 2. The number of hydrogen-bond acceptors (Lipinski definition) is 3. The molecule has 0 amide bonds. The average molecular weight is 275 g/mol. The van der Waals surface area contributed by atoms with Gasteiger partial charge >= 0.3 is 0 Å². The van der Waals surface area contributed by atoms with Gasteiger partial charge < -0.3 is 10.5 Å². The highest BCUT2D eigenvalue weighted by Gasteiger charge is 2.22. The predicted molar refractivity (Wildman–Crippen MR) is 69.8 cm³/mol. The quantitative estimate of drug-likeness (QED) is 0.677. The van der Waals surface area contributed by atoms with E-state index < -0.39 is 23.0 Å². The van der Waals surface area contributed by atoms with Crippen LogP contribution in [0.15, 0.2) is 30.3 Å². The van der Waals surface area contributed by atoms with E-state index in [1.165, 1.54) is 6.07 Å². The zero-order valence-corrected chi connectivity index (χ0v) is 10.5. The minimum absolute atomic E-state index is 0.220. The molecule has 0 fully saturated rings. The highest BCUT2D eigenvalue weighted by molar-refractivity contribution is 6.10. The molecule has 0 spiro atoms. The Bertz CT molecular complexity index is 713. The number of nitrogens with two attached hydrogens (primary N) is 1. The van der Waals surface area contributed by atoms with Gasteiger partial charge in [-0.15, -0.1) is 0 Å². The number of halogens is 2. The number of ether oxygens (including phenoxy) is 1. The topological polar surface area (TPSA) is 52.3 Å². The fraction of sp³-hybridized carbons (Fsp3) is 0.133. The summed E-state index contributed by atoms with van der Waals surface area (Å²) in [5.74, 6) is -1.96. The molecule has 2 N–H and O–H groups in total. The summed E-state index contributed by atoms with van der Waals surface area (Å²) in [5, 5.41) is 0. The van der Waals surface area contributed by atoms with E-state index in [2.05, 4.69) is 0 Å².